The fourth-order valence-electron chi connectivity index (χ4n) is 1.17. The van der Waals surface area contributed by atoms with Gasteiger partial charge in [0.1, 0.15) is 5.82 Å². The zero-order valence-corrected chi connectivity index (χ0v) is 9.04. The molecule has 0 radical (unpaired) electrons. The summed E-state index contributed by atoms with van der Waals surface area (Å²) in [5.74, 6) is 0.478. The van der Waals surface area contributed by atoms with Gasteiger partial charge in [-0.3, -0.25) is 4.79 Å². The number of carbonyl (C=O) groups excluding carboxylic acids is 1. The van der Waals surface area contributed by atoms with Crippen LogP contribution >= 0.6 is 11.5 Å². The normalized spacial score (nSPS) is 9.93. The van der Waals surface area contributed by atoms with Crippen LogP contribution in [0.1, 0.15) is 15.9 Å². The van der Waals surface area contributed by atoms with E-state index in [-0.39, 0.29) is 5.91 Å². The van der Waals surface area contributed by atoms with Crippen molar-refractivity contribution in [2.75, 3.05) is 5.32 Å². The van der Waals surface area contributed by atoms with Crippen LogP contribution in [0.2, 0.25) is 0 Å². The second kappa shape index (κ2) is 4.23. The summed E-state index contributed by atoms with van der Waals surface area (Å²) in [6.45, 7) is 1.99. The Morgan fingerprint density at radius 2 is 2.00 bits per heavy atom. The summed E-state index contributed by atoms with van der Waals surface area (Å²) < 4.78 is 4.01. The van der Waals surface area contributed by atoms with E-state index in [1.165, 1.54) is 11.5 Å². The number of carbonyl (C=O) groups is 1. The SMILES string of the molecule is Cc1ccc(C(=O)Nc2ccsn2)cc1. The van der Waals surface area contributed by atoms with Crippen LogP contribution in [0.4, 0.5) is 5.82 Å². The number of aryl methyl sites for hydroxylation is 1. The Hall–Kier alpha value is -1.68. The lowest BCUT2D eigenvalue weighted by atomic mass is 10.1. The van der Waals surface area contributed by atoms with Gasteiger partial charge in [0.15, 0.2) is 0 Å². The number of aromatic nitrogens is 1. The molecule has 0 saturated heterocycles. The summed E-state index contributed by atoms with van der Waals surface area (Å²) in [4.78, 5) is 11.7. The van der Waals surface area contributed by atoms with Gasteiger partial charge in [-0.25, -0.2) is 0 Å². The second-order valence-corrected chi connectivity index (χ2v) is 3.87. The molecule has 15 heavy (non-hydrogen) atoms. The Morgan fingerprint density at radius 3 is 2.60 bits per heavy atom. The maximum atomic E-state index is 11.7. The number of benzene rings is 1. The summed E-state index contributed by atoms with van der Waals surface area (Å²) in [6.07, 6.45) is 0. The second-order valence-electron chi connectivity index (χ2n) is 3.20. The topological polar surface area (TPSA) is 42.0 Å². The molecule has 4 heteroatoms. The minimum absolute atomic E-state index is 0.124. The highest BCUT2D eigenvalue weighted by atomic mass is 32.1. The smallest absolute Gasteiger partial charge is 0.256 e. The van der Waals surface area contributed by atoms with Crippen molar-refractivity contribution in [1.29, 1.82) is 0 Å². The first-order valence-corrected chi connectivity index (χ1v) is 5.38. The number of nitrogens with one attached hydrogen (secondary N) is 1. The van der Waals surface area contributed by atoms with Crippen LogP contribution in [0.15, 0.2) is 35.7 Å². The highest BCUT2D eigenvalue weighted by Gasteiger charge is 2.05. The molecular formula is C11H10N2OS. The molecule has 3 nitrogen and oxygen atoms in total. The van der Waals surface area contributed by atoms with E-state index in [1.807, 2.05) is 24.4 Å². The van der Waals surface area contributed by atoms with Crippen LogP contribution in [-0.4, -0.2) is 10.3 Å². The zero-order chi connectivity index (χ0) is 10.7. The molecule has 1 aromatic heterocycles. The number of amides is 1. The van der Waals surface area contributed by atoms with E-state index in [4.69, 9.17) is 0 Å². The third kappa shape index (κ3) is 2.41. The van der Waals surface area contributed by atoms with Crippen LogP contribution in [0.3, 0.4) is 0 Å². The molecule has 76 valence electrons. The summed E-state index contributed by atoms with van der Waals surface area (Å²) in [5.41, 5.74) is 1.79. The Balaban J connectivity index is 2.11. The van der Waals surface area contributed by atoms with E-state index >= 15 is 0 Å². The van der Waals surface area contributed by atoms with Crippen LogP contribution in [0, 0.1) is 6.92 Å². The van der Waals surface area contributed by atoms with Gasteiger partial charge in [-0.1, -0.05) is 17.7 Å². The van der Waals surface area contributed by atoms with Gasteiger partial charge in [0.05, 0.1) is 0 Å². The lowest BCUT2D eigenvalue weighted by Gasteiger charge is -2.01. The molecule has 1 N–H and O–H groups in total. The van der Waals surface area contributed by atoms with Crippen LogP contribution in [-0.2, 0) is 0 Å². The number of anilines is 1. The molecule has 1 heterocycles. The maximum absolute atomic E-state index is 11.7. The molecule has 0 aliphatic heterocycles. The highest BCUT2D eigenvalue weighted by Crippen LogP contribution is 2.09. The zero-order valence-electron chi connectivity index (χ0n) is 8.23. The van der Waals surface area contributed by atoms with Gasteiger partial charge in [-0.15, -0.1) is 0 Å². The molecule has 2 aromatic rings. The number of hydrogen-bond acceptors (Lipinski definition) is 3. The molecule has 0 atom stereocenters. The van der Waals surface area contributed by atoms with E-state index in [2.05, 4.69) is 9.69 Å². The Bertz CT molecular complexity index is 448. The summed E-state index contributed by atoms with van der Waals surface area (Å²) in [7, 11) is 0. The first-order valence-electron chi connectivity index (χ1n) is 4.54. The Kier molecular flexibility index (Phi) is 2.78. The van der Waals surface area contributed by atoms with E-state index in [9.17, 15) is 4.79 Å². The van der Waals surface area contributed by atoms with E-state index in [0.29, 0.717) is 11.4 Å². The predicted octanol–water partition coefficient (Wildman–Crippen LogP) is 2.70. The van der Waals surface area contributed by atoms with Crippen molar-refractivity contribution in [2.45, 2.75) is 6.92 Å². The molecule has 0 fully saturated rings. The van der Waals surface area contributed by atoms with E-state index < -0.39 is 0 Å². The van der Waals surface area contributed by atoms with Crippen molar-refractivity contribution in [3.63, 3.8) is 0 Å². The third-order valence-electron chi connectivity index (χ3n) is 1.99. The summed E-state index contributed by atoms with van der Waals surface area (Å²) >= 11 is 1.31. The lowest BCUT2D eigenvalue weighted by Crippen LogP contribution is -2.11. The van der Waals surface area contributed by atoms with Crippen LogP contribution in [0.25, 0.3) is 0 Å². The fourth-order valence-corrected chi connectivity index (χ4v) is 1.64. The first-order chi connectivity index (χ1) is 7.25. The standard InChI is InChI=1S/C11H10N2OS/c1-8-2-4-9(5-3-8)11(14)12-10-6-7-15-13-10/h2-7H,1H3,(H,12,13,14). The van der Waals surface area contributed by atoms with Gasteiger partial charge in [0.25, 0.3) is 5.91 Å². The molecule has 0 unspecified atom stereocenters. The molecule has 0 aliphatic rings. The molecule has 0 bridgehead atoms. The summed E-state index contributed by atoms with van der Waals surface area (Å²) in [6, 6.07) is 9.21. The van der Waals surface area contributed by atoms with E-state index in [1.54, 1.807) is 18.2 Å². The molecule has 1 aromatic carbocycles. The Labute approximate surface area is 91.9 Å². The van der Waals surface area contributed by atoms with Gasteiger partial charge < -0.3 is 5.32 Å². The molecular weight excluding hydrogens is 208 g/mol. The molecule has 0 spiro atoms. The third-order valence-corrected chi connectivity index (χ3v) is 2.55. The van der Waals surface area contributed by atoms with Crippen LogP contribution < -0.4 is 5.32 Å². The van der Waals surface area contributed by atoms with Crippen molar-refractivity contribution in [3.05, 3.63) is 46.8 Å². The van der Waals surface area contributed by atoms with Crippen molar-refractivity contribution >= 4 is 23.3 Å². The average Bonchev–Trinajstić information content (AvgIpc) is 2.71. The minimum atomic E-state index is -0.124. The maximum Gasteiger partial charge on any atom is 0.256 e. The van der Waals surface area contributed by atoms with Gasteiger partial charge >= 0.3 is 0 Å². The number of nitrogens with zero attached hydrogens (tertiary/aromatic N) is 1. The predicted molar refractivity (Wildman–Crippen MR) is 61.2 cm³/mol. The molecule has 0 saturated carbocycles. The van der Waals surface area contributed by atoms with Crippen LogP contribution in [0.5, 0.6) is 0 Å². The molecule has 2 rings (SSSR count). The highest BCUT2D eigenvalue weighted by molar-refractivity contribution is 7.03. The monoisotopic (exact) mass is 218 g/mol. The number of rotatable bonds is 2. The lowest BCUT2D eigenvalue weighted by molar-refractivity contribution is 0.102. The summed E-state index contributed by atoms with van der Waals surface area (Å²) in [5, 5.41) is 4.54. The van der Waals surface area contributed by atoms with Gasteiger partial charge in [-0.05, 0) is 36.7 Å². The molecule has 0 aliphatic carbocycles. The van der Waals surface area contributed by atoms with Crippen molar-refractivity contribution in [3.8, 4) is 0 Å². The first kappa shape index (κ1) is 9.86. The van der Waals surface area contributed by atoms with Gasteiger partial charge in [0.2, 0.25) is 0 Å². The van der Waals surface area contributed by atoms with Crippen molar-refractivity contribution < 1.29 is 4.79 Å². The minimum Gasteiger partial charge on any atom is -0.306 e. The van der Waals surface area contributed by atoms with Crippen molar-refractivity contribution in [2.24, 2.45) is 0 Å². The molecule has 1 amide bonds. The average molecular weight is 218 g/mol. The quantitative estimate of drug-likeness (QED) is 0.842. The fraction of sp³-hybridized carbons (Fsp3) is 0.0909. The van der Waals surface area contributed by atoms with Gasteiger partial charge in [-0.2, -0.15) is 4.37 Å². The van der Waals surface area contributed by atoms with Crippen molar-refractivity contribution in [1.82, 2.24) is 4.37 Å². The largest absolute Gasteiger partial charge is 0.306 e. The van der Waals surface area contributed by atoms with E-state index in [0.717, 1.165) is 5.56 Å². The van der Waals surface area contributed by atoms with Gasteiger partial charge in [0, 0.05) is 10.9 Å². The number of hydrogen-bond donors (Lipinski definition) is 1. The Morgan fingerprint density at radius 1 is 1.27 bits per heavy atom.